The number of amides is 1. The van der Waals surface area contributed by atoms with Gasteiger partial charge in [-0.1, -0.05) is 13.3 Å². The van der Waals surface area contributed by atoms with Crippen molar-refractivity contribution in [3.8, 4) is 0 Å². The quantitative estimate of drug-likeness (QED) is 0.770. The van der Waals surface area contributed by atoms with E-state index in [0.717, 1.165) is 50.9 Å². The van der Waals surface area contributed by atoms with Crippen LogP contribution in [0.3, 0.4) is 0 Å². The van der Waals surface area contributed by atoms with E-state index in [-0.39, 0.29) is 24.0 Å². The van der Waals surface area contributed by atoms with Gasteiger partial charge in [0.05, 0.1) is 12.0 Å². The molecule has 2 saturated heterocycles. The molecule has 7 heteroatoms. The smallest absolute Gasteiger partial charge is 0.314 e. The van der Waals surface area contributed by atoms with E-state index in [2.05, 4.69) is 10.2 Å². The van der Waals surface area contributed by atoms with Gasteiger partial charge in [0.2, 0.25) is 5.82 Å². The number of ether oxygens (including phenoxy) is 1. The first kappa shape index (κ1) is 17.5. The van der Waals surface area contributed by atoms with E-state index >= 15 is 0 Å². The normalized spacial score (nSPS) is 30.2. The van der Waals surface area contributed by atoms with Gasteiger partial charge in [-0.05, 0) is 45.4 Å². The largest absolute Gasteiger partial charge is 0.466 e. The fourth-order valence-electron chi connectivity index (χ4n) is 5.27. The van der Waals surface area contributed by atoms with Crippen LogP contribution >= 0.6 is 0 Å². The van der Waals surface area contributed by atoms with E-state index in [0.29, 0.717) is 25.3 Å². The third-order valence-corrected chi connectivity index (χ3v) is 6.59. The van der Waals surface area contributed by atoms with E-state index < -0.39 is 5.41 Å². The first-order valence-corrected chi connectivity index (χ1v) is 10.0. The molecule has 26 heavy (non-hydrogen) atoms. The molecule has 0 aliphatic carbocycles. The van der Waals surface area contributed by atoms with Crippen molar-refractivity contribution in [1.82, 2.24) is 19.7 Å². The highest BCUT2D eigenvalue weighted by molar-refractivity contribution is 5.93. The highest BCUT2D eigenvalue weighted by atomic mass is 16.5. The summed E-state index contributed by atoms with van der Waals surface area (Å²) in [5.74, 6) is 1.17. The molecule has 1 aromatic rings. The topological polar surface area (TPSA) is 77.3 Å². The molecule has 0 radical (unpaired) electrons. The van der Waals surface area contributed by atoms with Crippen LogP contribution in [0, 0.1) is 5.41 Å². The highest BCUT2D eigenvalue weighted by Crippen LogP contribution is 2.52. The molecule has 0 aromatic carbocycles. The molecule has 2 bridgehead atoms. The number of esters is 1. The van der Waals surface area contributed by atoms with Crippen molar-refractivity contribution in [3.63, 3.8) is 0 Å². The van der Waals surface area contributed by atoms with Gasteiger partial charge in [0.25, 0.3) is 5.91 Å². The number of nitrogens with zero attached hydrogens (tertiary/aromatic N) is 4. The first-order valence-electron chi connectivity index (χ1n) is 10.0. The van der Waals surface area contributed by atoms with Gasteiger partial charge in [0.15, 0.2) is 0 Å². The second-order valence-electron chi connectivity index (χ2n) is 7.80. The summed E-state index contributed by atoms with van der Waals surface area (Å²) in [6.07, 6.45) is 7.43. The molecule has 142 valence electrons. The average Bonchev–Trinajstić information content (AvgIpc) is 3.28. The lowest BCUT2D eigenvalue weighted by molar-refractivity contribution is -0.157. The number of fused-ring (bicyclic) bond motifs is 3. The monoisotopic (exact) mass is 360 g/mol. The third-order valence-electron chi connectivity index (χ3n) is 6.59. The van der Waals surface area contributed by atoms with Gasteiger partial charge in [0, 0.05) is 25.0 Å². The van der Waals surface area contributed by atoms with Crippen molar-refractivity contribution in [1.29, 1.82) is 0 Å². The zero-order valence-electron chi connectivity index (χ0n) is 15.7. The molecule has 0 spiro atoms. The summed E-state index contributed by atoms with van der Waals surface area (Å²) < 4.78 is 7.39. The van der Waals surface area contributed by atoms with Crippen molar-refractivity contribution in [2.75, 3.05) is 6.61 Å². The molecule has 3 aliphatic heterocycles. The summed E-state index contributed by atoms with van der Waals surface area (Å²) in [5, 5.41) is 8.52. The molecule has 1 aromatic heterocycles. The average molecular weight is 360 g/mol. The van der Waals surface area contributed by atoms with Crippen molar-refractivity contribution in [3.05, 3.63) is 11.6 Å². The van der Waals surface area contributed by atoms with Crippen molar-refractivity contribution >= 4 is 11.9 Å². The second-order valence-corrected chi connectivity index (χ2v) is 7.80. The summed E-state index contributed by atoms with van der Waals surface area (Å²) in [7, 11) is 0. The Kier molecular flexibility index (Phi) is 4.49. The number of hydrogen-bond acceptors (Lipinski definition) is 5. The number of carbonyl (C=O) groups excluding carboxylic acids is 2. The zero-order chi connectivity index (χ0) is 18.3. The molecular formula is C19H28N4O3. The van der Waals surface area contributed by atoms with Crippen LogP contribution in [0.4, 0.5) is 0 Å². The SMILES string of the molecule is CCOC(=O)[C@@]1(CC)C[C@H]2CC[C@@H]1N2C(=O)c1nnc2n1CCCCC2. The Bertz CT molecular complexity index is 716. The highest BCUT2D eigenvalue weighted by Gasteiger charge is 2.61. The Balaban J connectivity index is 1.64. The molecule has 4 rings (SSSR count). The van der Waals surface area contributed by atoms with Crippen LogP contribution in [0.15, 0.2) is 0 Å². The number of carbonyl (C=O) groups is 2. The number of hydrogen-bond donors (Lipinski definition) is 0. The van der Waals surface area contributed by atoms with E-state index in [9.17, 15) is 9.59 Å². The van der Waals surface area contributed by atoms with Crippen molar-refractivity contribution in [2.45, 2.75) is 83.8 Å². The molecule has 3 aliphatic rings. The predicted octanol–water partition coefficient (Wildman–Crippen LogP) is 2.34. The molecule has 0 saturated carbocycles. The maximum atomic E-state index is 13.4. The predicted molar refractivity (Wildman–Crippen MR) is 94.5 cm³/mol. The molecule has 4 heterocycles. The Morgan fingerprint density at radius 2 is 2.04 bits per heavy atom. The summed E-state index contributed by atoms with van der Waals surface area (Å²) in [5.41, 5.74) is -0.559. The lowest BCUT2D eigenvalue weighted by atomic mass is 9.72. The van der Waals surface area contributed by atoms with Crippen molar-refractivity contribution < 1.29 is 14.3 Å². The standard InChI is InChI=1S/C19H28N4O3/c1-3-19(18(25)26-4-2)12-13-9-10-14(19)23(13)17(24)16-21-20-15-8-6-5-7-11-22(15)16/h13-14H,3-12H2,1-2H3/t13-,14+,19+/m1/s1. The van der Waals surface area contributed by atoms with Crippen LogP contribution in [0.1, 0.15) is 75.2 Å². The maximum absolute atomic E-state index is 13.4. The molecule has 2 fully saturated rings. The Morgan fingerprint density at radius 1 is 1.19 bits per heavy atom. The molecule has 0 unspecified atom stereocenters. The van der Waals surface area contributed by atoms with Crippen molar-refractivity contribution in [2.24, 2.45) is 5.41 Å². The van der Waals surface area contributed by atoms with Gasteiger partial charge in [-0.2, -0.15) is 0 Å². The summed E-state index contributed by atoms with van der Waals surface area (Å²) >= 11 is 0. The fraction of sp³-hybridized carbons (Fsp3) is 0.789. The van der Waals surface area contributed by atoms with Gasteiger partial charge in [0.1, 0.15) is 5.82 Å². The lowest BCUT2D eigenvalue weighted by Gasteiger charge is -2.34. The minimum absolute atomic E-state index is 0.0576. The van der Waals surface area contributed by atoms with E-state index in [4.69, 9.17) is 4.74 Å². The molecule has 3 atom stereocenters. The lowest BCUT2D eigenvalue weighted by Crippen LogP contribution is -2.46. The van der Waals surface area contributed by atoms with Gasteiger partial charge in [-0.15, -0.1) is 10.2 Å². The fourth-order valence-corrected chi connectivity index (χ4v) is 5.27. The molecular weight excluding hydrogens is 332 g/mol. The number of aryl methyl sites for hydroxylation is 1. The Labute approximate surface area is 154 Å². The number of rotatable bonds is 4. The molecule has 7 nitrogen and oxygen atoms in total. The van der Waals surface area contributed by atoms with Crippen LogP contribution in [-0.4, -0.2) is 50.2 Å². The van der Waals surface area contributed by atoms with Gasteiger partial charge in [-0.3, -0.25) is 9.59 Å². The van der Waals surface area contributed by atoms with E-state index in [1.807, 2.05) is 23.3 Å². The second kappa shape index (κ2) is 6.67. The van der Waals surface area contributed by atoms with Crippen LogP contribution in [-0.2, 0) is 22.5 Å². The van der Waals surface area contributed by atoms with E-state index in [1.54, 1.807) is 0 Å². The molecule has 0 N–H and O–H groups in total. The van der Waals surface area contributed by atoms with Crippen LogP contribution in [0.25, 0.3) is 0 Å². The Morgan fingerprint density at radius 3 is 2.81 bits per heavy atom. The first-order chi connectivity index (χ1) is 12.6. The maximum Gasteiger partial charge on any atom is 0.314 e. The van der Waals surface area contributed by atoms with Gasteiger partial charge >= 0.3 is 5.97 Å². The summed E-state index contributed by atoms with van der Waals surface area (Å²) in [6, 6.07) is 0.0263. The van der Waals surface area contributed by atoms with Crippen LogP contribution in [0.2, 0.25) is 0 Å². The summed E-state index contributed by atoms with van der Waals surface area (Å²) in [4.78, 5) is 28.0. The van der Waals surface area contributed by atoms with Gasteiger partial charge < -0.3 is 14.2 Å². The van der Waals surface area contributed by atoms with Gasteiger partial charge in [-0.25, -0.2) is 0 Å². The van der Waals surface area contributed by atoms with Crippen LogP contribution in [0.5, 0.6) is 0 Å². The zero-order valence-corrected chi connectivity index (χ0v) is 15.7. The Hall–Kier alpha value is -1.92. The third kappa shape index (κ3) is 2.47. The van der Waals surface area contributed by atoms with Crippen LogP contribution < -0.4 is 0 Å². The minimum Gasteiger partial charge on any atom is -0.466 e. The number of aromatic nitrogens is 3. The molecule has 1 amide bonds. The summed E-state index contributed by atoms with van der Waals surface area (Å²) in [6.45, 7) is 5.05. The minimum atomic E-state index is -0.559. The van der Waals surface area contributed by atoms with E-state index in [1.165, 1.54) is 0 Å².